The van der Waals surface area contributed by atoms with E-state index in [1.807, 2.05) is 20.8 Å². The van der Waals surface area contributed by atoms with Crippen molar-refractivity contribution in [3.05, 3.63) is 11.8 Å². The summed E-state index contributed by atoms with van der Waals surface area (Å²) in [5.74, 6) is 0.126. The number of carbonyl (C=O) groups excluding carboxylic acids is 1. The molecule has 0 aliphatic carbocycles. The molecule has 1 heterocycles. The van der Waals surface area contributed by atoms with Gasteiger partial charge in [-0.15, -0.1) is 0 Å². The van der Waals surface area contributed by atoms with Crippen molar-refractivity contribution in [1.82, 2.24) is 5.32 Å². The molecule has 0 aromatic heterocycles. The minimum absolute atomic E-state index is 0.137. The Balaban J connectivity index is 2.92. The number of hydrogen-bond donors (Lipinski definition) is 2. The van der Waals surface area contributed by atoms with Gasteiger partial charge in [-0.3, -0.25) is 4.79 Å². The molecule has 1 aliphatic rings. The van der Waals surface area contributed by atoms with Crippen molar-refractivity contribution in [2.75, 3.05) is 0 Å². The lowest BCUT2D eigenvalue weighted by molar-refractivity contribution is -0.117. The van der Waals surface area contributed by atoms with Crippen LogP contribution in [0.5, 0.6) is 0 Å². The number of carbonyl (C=O) groups is 1. The summed E-state index contributed by atoms with van der Waals surface area (Å²) in [5.41, 5.74) is -0.558. The smallest absolute Gasteiger partial charge is 0.248 e. The molecule has 0 bridgehead atoms. The maximum Gasteiger partial charge on any atom is 0.248 e. The highest BCUT2D eigenvalue weighted by atomic mass is 16.3. The second-order valence-corrected chi connectivity index (χ2v) is 3.38. The van der Waals surface area contributed by atoms with Gasteiger partial charge in [-0.05, 0) is 12.8 Å². The standard InChI is InChI=1S/C8H13NO2/c1-5(2)8(3)6(10)4-7(11)9-8/h4-5,10H,1-3H3,(H,9,11)/t8-/m1/s1. The van der Waals surface area contributed by atoms with E-state index in [1.54, 1.807) is 0 Å². The van der Waals surface area contributed by atoms with Gasteiger partial charge >= 0.3 is 0 Å². The third-order valence-electron chi connectivity index (χ3n) is 2.34. The molecular weight excluding hydrogens is 142 g/mol. The Morgan fingerprint density at radius 1 is 1.64 bits per heavy atom. The lowest BCUT2D eigenvalue weighted by Gasteiger charge is -2.29. The van der Waals surface area contributed by atoms with E-state index in [4.69, 9.17) is 0 Å². The maximum absolute atomic E-state index is 10.8. The molecular formula is C8H13NO2. The number of nitrogens with one attached hydrogen (secondary N) is 1. The number of rotatable bonds is 1. The number of amides is 1. The van der Waals surface area contributed by atoms with E-state index in [0.717, 1.165) is 0 Å². The Hall–Kier alpha value is -0.990. The van der Waals surface area contributed by atoms with Gasteiger partial charge in [0.05, 0.1) is 5.54 Å². The second-order valence-electron chi connectivity index (χ2n) is 3.38. The van der Waals surface area contributed by atoms with E-state index < -0.39 is 5.54 Å². The number of aliphatic hydroxyl groups is 1. The molecule has 2 N–H and O–H groups in total. The molecule has 0 radical (unpaired) electrons. The normalized spacial score (nSPS) is 30.5. The van der Waals surface area contributed by atoms with Crippen LogP contribution in [-0.2, 0) is 4.79 Å². The highest BCUT2D eigenvalue weighted by Crippen LogP contribution is 2.27. The summed E-state index contributed by atoms with van der Waals surface area (Å²) in [4.78, 5) is 10.8. The molecule has 1 aliphatic heterocycles. The summed E-state index contributed by atoms with van der Waals surface area (Å²) in [6, 6.07) is 0. The van der Waals surface area contributed by atoms with Crippen molar-refractivity contribution in [3.63, 3.8) is 0 Å². The van der Waals surface area contributed by atoms with Gasteiger partial charge < -0.3 is 10.4 Å². The Labute approximate surface area is 66.1 Å². The molecule has 0 saturated heterocycles. The fourth-order valence-electron chi connectivity index (χ4n) is 1.07. The molecule has 3 nitrogen and oxygen atoms in total. The Morgan fingerprint density at radius 3 is 2.36 bits per heavy atom. The topological polar surface area (TPSA) is 49.3 Å². The first-order valence-electron chi connectivity index (χ1n) is 3.70. The van der Waals surface area contributed by atoms with Crippen LogP contribution in [0.15, 0.2) is 11.8 Å². The molecule has 11 heavy (non-hydrogen) atoms. The van der Waals surface area contributed by atoms with Gasteiger partial charge in [-0.1, -0.05) is 13.8 Å². The molecule has 62 valence electrons. The molecule has 0 fully saturated rings. The zero-order chi connectivity index (χ0) is 8.65. The molecule has 1 rings (SSSR count). The average molecular weight is 155 g/mol. The maximum atomic E-state index is 10.8. The summed E-state index contributed by atoms with van der Waals surface area (Å²) in [6.45, 7) is 5.72. The van der Waals surface area contributed by atoms with Gasteiger partial charge in [0.25, 0.3) is 0 Å². The summed E-state index contributed by atoms with van der Waals surface area (Å²) in [7, 11) is 0. The number of hydrogen-bond acceptors (Lipinski definition) is 2. The van der Waals surface area contributed by atoms with Crippen molar-refractivity contribution >= 4 is 5.91 Å². The van der Waals surface area contributed by atoms with Crippen LogP contribution >= 0.6 is 0 Å². The predicted molar refractivity (Wildman–Crippen MR) is 42.1 cm³/mol. The van der Waals surface area contributed by atoms with E-state index in [9.17, 15) is 9.90 Å². The van der Waals surface area contributed by atoms with Crippen LogP contribution in [-0.4, -0.2) is 16.6 Å². The zero-order valence-corrected chi connectivity index (χ0v) is 7.01. The molecule has 1 amide bonds. The van der Waals surface area contributed by atoms with Crippen LogP contribution < -0.4 is 5.32 Å². The van der Waals surface area contributed by atoms with Gasteiger partial charge in [-0.2, -0.15) is 0 Å². The quantitative estimate of drug-likeness (QED) is 0.592. The molecule has 0 spiro atoms. The van der Waals surface area contributed by atoms with Crippen LogP contribution in [0.3, 0.4) is 0 Å². The van der Waals surface area contributed by atoms with Crippen LogP contribution in [0, 0.1) is 5.92 Å². The molecule has 0 saturated carbocycles. The van der Waals surface area contributed by atoms with Crippen molar-refractivity contribution in [2.45, 2.75) is 26.3 Å². The fourth-order valence-corrected chi connectivity index (χ4v) is 1.07. The molecule has 0 unspecified atom stereocenters. The van der Waals surface area contributed by atoms with Crippen LogP contribution in [0.2, 0.25) is 0 Å². The number of aliphatic hydroxyl groups excluding tert-OH is 1. The Kier molecular flexibility index (Phi) is 1.66. The minimum atomic E-state index is -0.558. The van der Waals surface area contributed by atoms with E-state index in [1.165, 1.54) is 6.08 Å². The third kappa shape index (κ3) is 1.11. The predicted octanol–water partition coefficient (Wildman–Crippen LogP) is 0.973. The molecule has 0 aromatic rings. The fraction of sp³-hybridized carbons (Fsp3) is 0.625. The molecule has 3 heteroatoms. The van der Waals surface area contributed by atoms with Gasteiger partial charge in [0.15, 0.2) is 0 Å². The van der Waals surface area contributed by atoms with Gasteiger partial charge in [-0.25, -0.2) is 0 Å². The molecule has 0 aromatic carbocycles. The van der Waals surface area contributed by atoms with Crippen LogP contribution in [0.25, 0.3) is 0 Å². The van der Waals surface area contributed by atoms with Crippen LogP contribution in [0.1, 0.15) is 20.8 Å². The SMILES string of the molecule is CC(C)[C@@]1(C)NC(=O)C=C1O. The highest BCUT2D eigenvalue weighted by molar-refractivity contribution is 5.92. The summed E-state index contributed by atoms with van der Waals surface area (Å²) in [5, 5.41) is 12.1. The summed E-state index contributed by atoms with van der Waals surface area (Å²) >= 11 is 0. The van der Waals surface area contributed by atoms with E-state index in [-0.39, 0.29) is 17.6 Å². The Morgan fingerprint density at radius 2 is 2.18 bits per heavy atom. The van der Waals surface area contributed by atoms with Crippen molar-refractivity contribution in [2.24, 2.45) is 5.92 Å². The van der Waals surface area contributed by atoms with Crippen molar-refractivity contribution in [3.8, 4) is 0 Å². The Bertz CT molecular complexity index is 220. The average Bonchev–Trinajstić information content (AvgIpc) is 2.08. The van der Waals surface area contributed by atoms with Crippen molar-refractivity contribution in [1.29, 1.82) is 0 Å². The van der Waals surface area contributed by atoms with E-state index >= 15 is 0 Å². The lowest BCUT2D eigenvalue weighted by atomic mass is 9.88. The largest absolute Gasteiger partial charge is 0.510 e. The van der Waals surface area contributed by atoms with Gasteiger partial charge in [0, 0.05) is 6.08 Å². The van der Waals surface area contributed by atoms with Gasteiger partial charge in [0.2, 0.25) is 5.91 Å². The summed E-state index contributed by atoms with van der Waals surface area (Å²) < 4.78 is 0. The molecule has 1 atom stereocenters. The van der Waals surface area contributed by atoms with Crippen LogP contribution in [0.4, 0.5) is 0 Å². The van der Waals surface area contributed by atoms with Crippen molar-refractivity contribution < 1.29 is 9.90 Å². The minimum Gasteiger partial charge on any atom is -0.510 e. The zero-order valence-electron chi connectivity index (χ0n) is 7.01. The van der Waals surface area contributed by atoms with Gasteiger partial charge in [0.1, 0.15) is 5.76 Å². The summed E-state index contributed by atoms with van der Waals surface area (Å²) in [6.07, 6.45) is 1.24. The van der Waals surface area contributed by atoms with E-state index in [2.05, 4.69) is 5.32 Å². The first-order chi connectivity index (χ1) is 4.97. The monoisotopic (exact) mass is 155 g/mol. The van der Waals surface area contributed by atoms with E-state index in [0.29, 0.717) is 0 Å². The first kappa shape index (κ1) is 8.11. The lowest BCUT2D eigenvalue weighted by Crippen LogP contribution is -2.46. The second kappa shape index (κ2) is 2.26. The highest BCUT2D eigenvalue weighted by Gasteiger charge is 2.38. The third-order valence-corrected chi connectivity index (χ3v) is 2.34. The first-order valence-corrected chi connectivity index (χ1v) is 3.70.